The Balaban J connectivity index is 3.56. The highest BCUT2D eigenvalue weighted by Gasteiger charge is 2.10. The Hall–Kier alpha value is -1.06. The van der Waals surface area contributed by atoms with Gasteiger partial charge in [-0.2, -0.15) is 0 Å². The first-order valence-corrected chi connectivity index (χ1v) is 4.66. The van der Waals surface area contributed by atoms with Crippen LogP contribution in [0.4, 0.5) is 0 Å². The van der Waals surface area contributed by atoms with E-state index in [1.54, 1.807) is 6.92 Å². The van der Waals surface area contributed by atoms with E-state index < -0.39 is 11.9 Å². The predicted octanol–water partition coefficient (Wildman–Crippen LogP) is 0.557. The Bertz CT molecular complexity index is 180. The van der Waals surface area contributed by atoms with Gasteiger partial charge >= 0.3 is 0 Å². The molecule has 0 aliphatic carbocycles. The molecule has 3 N–H and O–H groups in total. The van der Waals surface area contributed by atoms with Crippen LogP contribution in [0.15, 0.2) is 0 Å². The van der Waals surface area contributed by atoms with Crippen molar-refractivity contribution in [3.8, 4) is 0 Å². The second-order valence-corrected chi connectivity index (χ2v) is 3.15. The van der Waals surface area contributed by atoms with Crippen molar-refractivity contribution in [2.75, 3.05) is 0 Å². The molecule has 2 amide bonds. The third-order valence-electron chi connectivity index (χ3n) is 1.81. The summed E-state index contributed by atoms with van der Waals surface area (Å²) in [5, 5.41) is 2.52. The maximum atomic E-state index is 11.1. The fraction of sp³-hybridized carbons (Fsp3) is 0.778. The van der Waals surface area contributed by atoms with E-state index >= 15 is 0 Å². The zero-order valence-corrected chi connectivity index (χ0v) is 8.30. The van der Waals surface area contributed by atoms with Gasteiger partial charge in [0.1, 0.15) is 6.04 Å². The van der Waals surface area contributed by atoms with Crippen LogP contribution in [0.3, 0.4) is 0 Å². The minimum absolute atomic E-state index is 0.0975. The smallest absolute Gasteiger partial charge is 0.239 e. The molecule has 0 aromatic rings. The van der Waals surface area contributed by atoms with Crippen molar-refractivity contribution < 1.29 is 9.59 Å². The van der Waals surface area contributed by atoms with Crippen LogP contribution < -0.4 is 11.1 Å². The molecule has 4 nitrogen and oxygen atoms in total. The third-order valence-corrected chi connectivity index (χ3v) is 1.81. The van der Waals surface area contributed by atoms with E-state index in [4.69, 9.17) is 5.73 Å². The fourth-order valence-corrected chi connectivity index (χ4v) is 0.920. The van der Waals surface area contributed by atoms with Crippen molar-refractivity contribution in [2.24, 2.45) is 5.73 Å². The van der Waals surface area contributed by atoms with Crippen LogP contribution in [0, 0.1) is 0 Å². The average molecular weight is 186 g/mol. The lowest BCUT2D eigenvalue weighted by molar-refractivity contribution is -0.127. The number of hydrogen-bond acceptors (Lipinski definition) is 2. The summed E-state index contributed by atoms with van der Waals surface area (Å²) in [6, 6.07) is -0.561. The van der Waals surface area contributed by atoms with Gasteiger partial charge in [0.25, 0.3) is 0 Å². The van der Waals surface area contributed by atoms with Crippen LogP contribution >= 0.6 is 0 Å². The van der Waals surface area contributed by atoms with Gasteiger partial charge < -0.3 is 11.1 Å². The van der Waals surface area contributed by atoms with E-state index in [2.05, 4.69) is 12.2 Å². The van der Waals surface area contributed by atoms with E-state index in [0.717, 1.165) is 19.3 Å². The summed E-state index contributed by atoms with van der Waals surface area (Å²) < 4.78 is 0. The van der Waals surface area contributed by atoms with E-state index in [-0.39, 0.29) is 5.91 Å². The number of rotatable bonds is 6. The number of hydrogen-bond donors (Lipinski definition) is 2. The molecule has 1 atom stereocenters. The number of unbranched alkanes of at least 4 members (excludes halogenated alkanes) is 2. The fourth-order valence-electron chi connectivity index (χ4n) is 0.920. The third kappa shape index (κ3) is 6.13. The molecule has 0 aromatic heterocycles. The zero-order valence-electron chi connectivity index (χ0n) is 8.30. The Morgan fingerprint density at radius 3 is 2.46 bits per heavy atom. The second-order valence-electron chi connectivity index (χ2n) is 3.15. The average Bonchev–Trinajstić information content (AvgIpc) is 2.04. The Morgan fingerprint density at radius 2 is 2.00 bits per heavy atom. The molecule has 0 fully saturated rings. The molecule has 0 spiro atoms. The van der Waals surface area contributed by atoms with Gasteiger partial charge in [-0.15, -0.1) is 0 Å². The highest BCUT2D eigenvalue weighted by Crippen LogP contribution is 1.98. The largest absolute Gasteiger partial charge is 0.368 e. The summed E-state index contributed by atoms with van der Waals surface area (Å²) >= 11 is 0. The lowest BCUT2D eigenvalue weighted by atomic mass is 10.2. The SMILES string of the molecule is CCCCCC(=O)N[C@@H](C)C(N)=O. The Kier molecular flexibility index (Phi) is 5.93. The minimum Gasteiger partial charge on any atom is -0.368 e. The number of carbonyl (C=O) groups excluding carboxylic acids is 2. The van der Waals surface area contributed by atoms with Crippen LogP contribution in [0.1, 0.15) is 39.5 Å². The molecule has 0 aliphatic rings. The van der Waals surface area contributed by atoms with E-state index in [1.165, 1.54) is 0 Å². The highest BCUT2D eigenvalue weighted by molar-refractivity contribution is 5.86. The highest BCUT2D eigenvalue weighted by atomic mass is 16.2. The summed E-state index contributed by atoms with van der Waals surface area (Å²) in [4.78, 5) is 21.7. The molecule has 0 unspecified atom stereocenters. The number of carbonyl (C=O) groups is 2. The first-order chi connectivity index (χ1) is 6.07. The number of nitrogens with two attached hydrogens (primary N) is 1. The van der Waals surface area contributed by atoms with Crippen molar-refractivity contribution in [1.29, 1.82) is 0 Å². The Labute approximate surface area is 78.9 Å². The molecule has 0 saturated heterocycles. The van der Waals surface area contributed by atoms with Gasteiger partial charge in [-0.3, -0.25) is 9.59 Å². The van der Waals surface area contributed by atoms with Crippen LogP contribution in [-0.2, 0) is 9.59 Å². The molecule has 0 aliphatic heterocycles. The monoisotopic (exact) mass is 186 g/mol. The molecule has 0 rings (SSSR count). The molecule has 0 saturated carbocycles. The molecule has 0 bridgehead atoms. The molecular weight excluding hydrogens is 168 g/mol. The summed E-state index contributed by atoms with van der Waals surface area (Å²) in [5.74, 6) is -0.594. The molecule has 0 aromatic carbocycles. The quantitative estimate of drug-likeness (QED) is 0.595. The van der Waals surface area contributed by atoms with E-state index in [1.807, 2.05) is 0 Å². The maximum Gasteiger partial charge on any atom is 0.239 e. The predicted molar refractivity (Wildman–Crippen MR) is 50.9 cm³/mol. The summed E-state index contributed by atoms with van der Waals surface area (Å²) in [5.41, 5.74) is 4.99. The standard InChI is InChI=1S/C9H18N2O2/c1-3-4-5-6-8(12)11-7(2)9(10)13/h7H,3-6H2,1-2H3,(H2,10,13)(H,11,12)/t7-/m0/s1. The summed E-state index contributed by atoms with van der Waals surface area (Å²) in [6.07, 6.45) is 3.47. The molecule has 13 heavy (non-hydrogen) atoms. The van der Waals surface area contributed by atoms with Gasteiger partial charge in [-0.05, 0) is 13.3 Å². The molecule has 0 radical (unpaired) electrons. The molecule has 76 valence electrons. The zero-order chi connectivity index (χ0) is 10.3. The lowest BCUT2D eigenvalue weighted by Gasteiger charge is -2.09. The molecular formula is C9H18N2O2. The van der Waals surface area contributed by atoms with Gasteiger partial charge in [0.2, 0.25) is 11.8 Å². The van der Waals surface area contributed by atoms with Crippen molar-refractivity contribution in [3.63, 3.8) is 0 Å². The van der Waals surface area contributed by atoms with Gasteiger partial charge in [-0.25, -0.2) is 0 Å². The molecule has 0 heterocycles. The number of primary amides is 1. The number of nitrogens with one attached hydrogen (secondary N) is 1. The van der Waals surface area contributed by atoms with Crippen molar-refractivity contribution in [3.05, 3.63) is 0 Å². The van der Waals surface area contributed by atoms with Crippen molar-refractivity contribution >= 4 is 11.8 Å². The van der Waals surface area contributed by atoms with E-state index in [9.17, 15) is 9.59 Å². The van der Waals surface area contributed by atoms with Gasteiger partial charge in [0, 0.05) is 6.42 Å². The maximum absolute atomic E-state index is 11.1. The van der Waals surface area contributed by atoms with Crippen LogP contribution in [-0.4, -0.2) is 17.9 Å². The summed E-state index contributed by atoms with van der Waals surface area (Å²) in [6.45, 7) is 3.66. The van der Waals surface area contributed by atoms with Crippen LogP contribution in [0.2, 0.25) is 0 Å². The second kappa shape index (κ2) is 6.46. The van der Waals surface area contributed by atoms with Crippen LogP contribution in [0.5, 0.6) is 0 Å². The van der Waals surface area contributed by atoms with Crippen molar-refractivity contribution in [2.45, 2.75) is 45.6 Å². The molecule has 4 heteroatoms. The van der Waals surface area contributed by atoms with E-state index in [0.29, 0.717) is 6.42 Å². The minimum atomic E-state index is -0.561. The van der Waals surface area contributed by atoms with Gasteiger partial charge in [0.15, 0.2) is 0 Å². The first kappa shape index (κ1) is 11.9. The van der Waals surface area contributed by atoms with Gasteiger partial charge in [0.05, 0.1) is 0 Å². The first-order valence-electron chi connectivity index (χ1n) is 4.66. The van der Waals surface area contributed by atoms with Gasteiger partial charge in [-0.1, -0.05) is 19.8 Å². The normalized spacial score (nSPS) is 12.2. The van der Waals surface area contributed by atoms with Crippen molar-refractivity contribution in [1.82, 2.24) is 5.32 Å². The topological polar surface area (TPSA) is 72.2 Å². The Morgan fingerprint density at radius 1 is 1.38 bits per heavy atom. The summed E-state index contributed by atoms with van der Waals surface area (Å²) in [7, 11) is 0. The number of amides is 2. The van der Waals surface area contributed by atoms with Crippen LogP contribution in [0.25, 0.3) is 0 Å². The lowest BCUT2D eigenvalue weighted by Crippen LogP contribution is -2.42.